The number of carbonyl (C=O) groups excluding carboxylic acids is 1. The zero-order valence-electron chi connectivity index (χ0n) is 10.6. The van der Waals surface area contributed by atoms with Crippen molar-refractivity contribution >= 4 is 34.8 Å². The molecule has 3 nitrogen and oxygen atoms in total. The van der Waals surface area contributed by atoms with Gasteiger partial charge >= 0.3 is 0 Å². The number of phenolic OH excluding ortho intramolecular Hbond substituents is 1. The number of amides is 1. The van der Waals surface area contributed by atoms with Crippen molar-refractivity contribution in [1.82, 2.24) is 0 Å². The van der Waals surface area contributed by atoms with E-state index in [2.05, 4.69) is 5.32 Å². The molecule has 0 aliphatic carbocycles. The van der Waals surface area contributed by atoms with E-state index in [-0.39, 0.29) is 11.3 Å². The predicted molar refractivity (Wildman–Crippen MR) is 81.9 cm³/mol. The van der Waals surface area contributed by atoms with Crippen LogP contribution in [-0.2, 0) is 6.42 Å². The zero-order valence-corrected chi connectivity index (χ0v) is 12.1. The second-order valence-electron chi connectivity index (χ2n) is 4.25. The van der Waals surface area contributed by atoms with Crippen LogP contribution in [0.15, 0.2) is 42.5 Å². The minimum absolute atomic E-state index is 0.106. The molecule has 0 aliphatic heterocycles. The van der Waals surface area contributed by atoms with E-state index in [0.717, 1.165) is 12.0 Å². The summed E-state index contributed by atoms with van der Waals surface area (Å²) in [5.74, 6) is 0.0444. The van der Waals surface area contributed by atoms with Crippen LogP contribution in [0.3, 0.4) is 0 Å². The molecule has 0 saturated heterocycles. The topological polar surface area (TPSA) is 49.3 Å². The molecule has 2 rings (SSSR count). The smallest absolute Gasteiger partial charge is 0.259 e. The van der Waals surface area contributed by atoms with Gasteiger partial charge in [0.05, 0.1) is 5.56 Å². The third-order valence-electron chi connectivity index (χ3n) is 2.80. The summed E-state index contributed by atoms with van der Waals surface area (Å²) in [4.78, 5) is 12.0. The molecule has 0 fully saturated rings. The van der Waals surface area contributed by atoms with Gasteiger partial charge in [-0.05, 0) is 42.3 Å². The number of nitrogens with one attached hydrogen (secondary N) is 1. The fourth-order valence-electron chi connectivity index (χ4n) is 1.75. The van der Waals surface area contributed by atoms with E-state index in [1.54, 1.807) is 12.1 Å². The number of rotatable bonds is 4. The monoisotopic (exact) mass is 309 g/mol. The summed E-state index contributed by atoms with van der Waals surface area (Å²) in [6.07, 6.45) is 0.783. The number of hydrogen-bond donors (Lipinski definition) is 2. The number of phenols is 1. The van der Waals surface area contributed by atoms with Crippen molar-refractivity contribution in [2.45, 2.75) is 6.42 Å². The van der Waals surface area contributed by atoms with E-state index in [9.17, 15) is 9.90 Å². The maximum atomic E-state index is 12.0. The highest BCUT2D eigenvalue weighted by Crippen LogP contribution is 2.22. The van der Waals surface area contributed by atoms with Crippen molar-refractivity contribution in [2.24, 2.45) is 0 Å². The fourth-order valence-corrected chi connectivity index (χ4v) is 2.14. The average Bonchev–Trinajstić information content (AvgIpc) is 2.44. The highest BCUT2D eigenvalue weighted by molar-refractivity contribution is 6.31. The molecule has 2 aromatic carbocycles. The van der Waals surface area contributed by atoms with Crippen LogP contribution in [0.2, 0.25) is 5.02 Å². The van der Waals surface area contributed by atoms with Gasteiger partial charge in [-0.2, -0.15) is 0 Å². The number of benzene rings is 2. The number of aromatic hydroxyl groups is 1. The standard InChI is InChI=1S/C15H13Cl2NO2/c16-8-7-10-1-4-12(5-2-10)18-15(20)13-9-11(17)3-6-14(13)19/h1-6,9,19H,7-8H2,(H,18,20). The molecule has 20 heavy (non-hydrogen) atoms. The van der Waals surface area contributed by atoms with Crippen molar-refractivity contribution < 1.29 is 9.90 Å². The average molecular weight is 310 g/mol. The second-order valence-corrected chi connectivity index (χ2v) is 5.07. The van der Waals surface area contributed by atoms with Gasteiger partial charge in [0.25, 0.3) is 5.91 Å². The molecule has 0 bridgehead atoms. The lowest BCUT2D eigenvalue weighted by molar-refractivity contribution is 0.102. The minimum atomic E-state index is -0.407. The van der Waals surface area contributed by atoms with Crippen molar-refractivity contribution in [1.29, 1.82) is 0 Å². The molecule has 0 radical (unpaired) electrons. The lowest BCUT2D eigenvalue weighted by Gasteiger charge is -2.08. The van der Waals surface area contributed by atoms with E-state index in [1.165, 1.54) is 18.2 Å². The Hall–Kier alpha value is -1.71. The molecule has 0 spiro atoms. The van der Waals surface area contributed by atoms with Crippen LogP contribution in [-0.4, -0.2) is 16.9 Å². The number of anilines is 1. The van der Waals surface area contributed by atoms with Crippen LogP contribution in [0.4, 0.5) is 5.69 Å². The van der Waals surface area contributed by atoms with Gasteiger partial charge < -0.3 is 10.4 Å². The molecule has 0 aliphatic rings. The van der Waals surface area contributed by atoms with Gasteiger partial charge in [-0.15, -0.1) is 11.6 Å². The van der Waals surface area contributed by atoms with Crippen molar-refractivity contribution in [3.8, 4) is 5.75 Å². The fraction of sp³-hybridized carbons (Fsp3) is 0.133. The predicted octanol–water partition coefficient (Wildman–Crippen LogP) is 4.08. The summed E-state index contributed by atoms with van der Waals surface area (Å²) < 4.78 is 0. The van der Waals surface area contributed by atoms with E-state index in [1.807, 2.05) is 12.1 Å². The molecule has 104 valence electrons. The van der Waals surface area contributed by atoms with Gasteiger partial charge in [-0.1, -0.05) is 23.7 Å². The highest BCUT2D eigenvalue weighted by atomic mass is 35.5. The van der Waals surface area contributed by atoms with Gasteiger partial charge in [0, 0.05) is 16.6 Å². The Bertz CT molecular complexity index is 612. The SMILES string of the molecule is O=C(Nc1ccc(CCCl)cc1)c1cc(Cl)ccc1O. The van der Waals surface area contributed by atoms with Crippen LogP contribution in [0.5, 0.6) is 5.75 Å². The first kappa shape index (κ1) is 14.7. The molecule has 0 heterocycles. The van der Waals surface area contributed by atoms with Crippen LogP contribution < -0.4 is 5.32 Å². The lowest BCUT2D eigenvalue weighted by Crippen LogP contribution is -2.12. The molecule has 1 amide bonds. The molecule has 0 unspecified atom stereocenters. The Labute approximate surface area is 127 Å². The van der Waals surface area contributed by atoms with Gasteiger partial charge in [0.15, 0.2) is 0 Å². The largest absolute Gasteiger partial charge is 0.507 e. The molecule has 0 aromatic heterocycles. The van der Waals surface area contributed by atoms with Gasteiger partial charge in [-0.3, -0.25) is 4.79 Å². The van der Waals surface area contributed by atoms with Crippen LogP contribution >= 0.6 is 23.2 Å². The van der Waals surface area contributed by atoms with Crippen molar-refractivity contribution in [3.63, 3.8) is 0 Å². The second kappa shape index (κ2) is 6.64. The Kier molecular flexibility index (Phi) is 4.88. The van der Waals surface area contributed by atoms with E-state index in [0.29, 0.717) is 16.6 Å². The van der Waals surface area contributed by atoms with Crippen LogP contribution in [0.25, 0.3) is 0 Å². The van der Waals surface area contributed by atoms with E-state index < -0.39 is 5.91 Å². The highest BCUT2D eigenvalue weighted by Gasteiger charge is 2.11. The summed E-state index contributed by atoms with van der Waals surface area (Å²) in [5, 5.41) is 12.8. The van der Waals surface area contributed by atoms with Crippen LogP contribution in [0.1, 0.15) is 15.9 Å². The maximum absolute atomic E-state index is 12.0. The number of halogens is 2. The number of carbonyl (C=O) groups is 1. The van der Waals surface area contributed by atoms with E-state index in [4.69, 9.17) is 23.2 Å². The minimum Gasteiger partial charge on any atom is -0.507 e. The zero-order chi connectivity index (χ0) is 14.5. The number of alkyl halides is 1. The van der Waals surface area contributed by atoms with Gasteiger partial charge in [0.1, 0.15) is 5.75 Å². The lowest BCUT2D eigenvalue weighted by atomic mass is 10.1. The van der Waals surface area contributed by atoms with Gasteiger partial charge in [-0.25, -0.2) is 0 Å². The van der Waals surface area contributed by atoms with Gasteiger partial charge in [0.2, 0.25) is 0 Å². The Morgan fingerprint density at radius 2 is 1.85 bits per heavy atom. The summed E-state index contributed by atoms with van der Waals surface area (Å²) in [6, 6.07) is 11.7. The normalized spacial score (nSPS) is 10.3. The third kappa shape index (κ3) is 3.65. The first-order valence-corrected chi connectivity index (χ1v) is 6.96. The molecular formula is C15H13Cl2NO2. The maximum Gasteiger partial charge on any atom is 0.259 e. The van der Waals surface area contributed by atoms with Crippen molar-refractivity contribution in [2.75, 3.05) is 11.2 Å². The first-order valence-electron chi connectivity index (χ1n) is 6.05. The van der Waals surface area contributed by atoms with Crippen molar-refractivity contribution in [3.05, 3.63) is 58.6 Å². The summed E-state index contributed by atoms with van der Waals surface area (Å²) >= 11 is 11.5. The number of hydrogen-bond acceptors (Lipinski definition) is 2. The molecule has 2 aromatic rings. The molecule has 0 atom stereocenters. The third-order valence-corrected chi connectivity index (χ3v) is 3.22. The quantitative estimate of drug-likeness (QED) is 0.836. The Morgan fingerprint density at radius 3 is 2.50 bits per heavy atom. The molecular weight excluding hydrogens is 297 g/mol. The Morgan fingerprint density at radius 1 is 1.15 bits per heavy atom. The number of aryl methyl sites for hydroxylation is 1. The van der Waals surface area contributed by atoms with E-state index >= 15 is 0 Å². The Balaban J connectivity index is 2.13. The summed E-state index contributed by atoms with van der Waals surface area (Å²) in [5.41, 5.74) is 1.89. The molecule has 0 saturated carbocycles. The first-order chi connectivity index (χ1) is 9.60. The summed E-state index contributed by atoms with van der Waals surface area (Å²) in [6.45, 7) is 0. The molecule has 2 N–H and O–H groups in total. The molecule has 5 heteroatoms. The summed E-state index contributed by atoms with van der Waals surface area (Å²) in [7, 11) is 0. The van der Waals surface area contributed by atoms with Crippen LogP contribution in [0, 0.1) is 0 Å².